The lowest BCUT2D eigenvalue weighted by atomic mass is 10.0. The molecule has 0 rings (SSSR count). The fraction of sp³-hybridized carbons (Fsp3) is 0.970. The molecule has 0 bridgehead atoms. The van der Waals surface area contributed by atoms with Crippen LogP contribution in [0.5, 0.6) is 0 Å². The molecule has 0 fully saturated rings. The number of carbonyl (C=O) groups is 1. The molecule has 0 spiro atoms. The highest BCUT2D eigenvalue weighted by molar-refractivity contribution is 7.47. The van der Waals surface area contributed by atoms with Gasteiger partial charge in [-0.15, -0.1) is 0 Å². The third-order valence-electron chi connectivity index (χ3n) is 7.42. The molecule has 0 amide bonds. The highest BCUT2D eigenvalue weighted by Crippen LogP contribution is 2.43. The highest BCUT2D eigenvalue weighted by Gasteiger charge is 2.26. The Hall–Kier alpha value is -0.500. The molecule has 0 aromatic carbocycles. The van der Waals surface area contributed by atoms with Crippen LogP contribution < -0.4 is 0 Å². The topological polar surface area (TPSA) is 91.3 Å². The Kier molecular flexibility index (Phi) is 27.7. The molecule has 9 heteroatoms. The predicted molar refractivity (Wildman–Crippen MR) is 174 cm³/mol. The van der Waals surface area contributed by atoms with Gasteiger partial charge in [0.05, 0.1) is 34.4 Å². The molecule has 1 N–H and O–H groups in total. The summed E-state index contributed by atoms with van der Waals surface area (Å²) in [4.78, 5) is 22.5. The number of phosphoric ester groups is 1. The van der Waals surface area contributed by atoms with E-state index in [0.29, 0.717) is 24.1 Å². The van der Waals surface area contributed by atoms with Gasteiger partial charge in [0.15, 0.2) is 0 Å². The van der Waals surface area contributed by atoms with E-state index in [-0.39, 0.29) is 25.8 Å². The Morgan fingerprint density at radius 1 is 0.643 bits per heavy atom. The van der Waals surface area contributed by atoms with E-state index in [1.165, 1.54) is 96.3 Å². The lowest BCUT2D eigenvalue weighted by molar-refractivity contribution is -0.870. The van der Waals surface area contributed by atoms with Crippen molar-refractivity contribution in [3.63, 3.8) is 0 Å². The summed E-state index contributed by atoms with van der Waals surface area (Å²) in [7, 11) is 1.67. The number of likely N-dealkylation sites (N-methyl/N-ethyl adjacent to an activating group) is 1. The molecule has 42 heavy (non-hydrogen) atoms. The smallest absolute Gasteiger partial charge is 0.457 e. The number of phosphoric acid groups is 1. The lowest BCUT2D eigenvalue weighted by Gasteiger charge is -2.24. The maximum absolute atomic E-state index is 12.4. The summed E-state index contributed by atoms with van der Waals surface area (Å²) < 4.78 is 34.6. The second-order valence-corrected chi connectivity index (χ2v) is 14.4. The van der Waals surface area contributed by atoms with Crippen LogP contribution in [0.25, 0.3) is 0 Å². The number of ether oxygens (including phenoxy) is 2. The number of unbranched alkanes of at least 4 members (excludes halogenated alkanes) is 18. The largest absolute Gasteiger partial charge is 0.472 e. The molecular weight excluding hydrogens is 553 g/mol. The van der Waals surface area contributed by atoms with E-state index in [1.54, 1.807) is 0 Å². The van der Waals surface area contributed by atoms with Gasteiger partial charge < -0.3 is 18.9 Å². The van der Waals surface area contributed by atoms with Gasteiger partial charge in [0.1, 0.15) is 19.3 Å². The molecule has 0 aliphatic rings. The summed E-state index contributed by atoms with van der Waals surface area (Å²) in [6.45, 7) is 5.57. The van der Waals surface area contributed by atoms with Gasteiger partial charge in [0, 0.05) is 13.0 Å². The van der Waals surface area contributed by atoms with Crippen molar-refractivity contribution in [1.82, 2.24) is 0 Å². The minimum atomic E-state index is -4.25. The summed E-state index contributed by atoms with van der Waals surface area (Å²) in [5.74, 6) is -0.321. The van der Waals surface area contributed by atoms with Crippen molar-refractivity contribution >= 4 is 13.8 Å². The molecule has 0 heterocycles. The fourth-order valence-electron chi connectivity index (χ4n) is 4.67. The van der Waals surface area contributed by atoms with Crippen molar-refractivity contribution in [2.75, 3.05) is 54.1 Å². The summed E-state index contributed by atoms with van der Waals surface area (Å²) in [6.07, 6.45) is 24.3. The number of hydrogen-bond acceptors (Lipinski definition) is 6. The number of carbonyl (C=O) groups excluding carboxylic acids is 1. The van der Waals surface area contributed by atoms with Crippen LogP contribution >= 0.6 is 7.82 Å². The van der Waals surface area contributed by atoms with Crippen LogP contribution in [0.1, 0.15) is 149 Å². The van der Waals surface area contributed by atoms with Crippen molar-refractivity contribution < 1.29 is 37.3 Å². The predicted octanol–water partition coefficient (Wildman–Crippen LogP) is 8.99. The SMILES string of the molecule is CCCCCCCCCCCCCCCCOC[C@H](COP(=O)(O)OCC[N+](C)(C)C)OC(=O)CCCCCCCC. The molecule has 0 aliphatic heterocycles. The van der Waals surface area contributed by atoms with Crippen LogP contribution in [0.15, 0.2) is 0 Å². The van der Waals surface area contributed by atoms with E-state index in [1.807, 2.05) is 21.1 Å². The third kappa shape index (κ3) is 30.9. The second-order valence-electron chi connectivity index (χ2n) is 12.9. The Bertz CT molecular complexity index is 657. The number of quaternary nitrogens is 1. The van der Waals surface area contributed by atoms with Crippen LogP contribution in [0.3, 0.4) is 0 Å². The van der Waals surface area contributed by atoms with Gasteiger partial charge in [-0.1, -0.05) is 129 Å². The summed E-state index contributed by atoms with van der Waals surface area (Å²) in [5.41, 5.74) is 0. The van der Waals surface area contributed by atoms with Gasteiger partial charge in [-0.05, 0) is 12.8 Å². The van der Waals surface area contributed by atoms with E-state index in [4.69, 9.17) is 18.5 Å². The van der Waals surface area contributed by atoms with Gasteiger partial charge in [-0.25, -0.2) is 4.57 Å². The fourth-order valence-corrected chi connectivity index (χ4v) is 5.41. The zero-order valence-corrected chi connectivity index (χ0v) is 29.1. The first-order valence-electron chi connectivity index (χ1n) is 17.3. The van der Waals surface area contributed by atoms with Crippen LogP contribution in [-0.4, -0.2) is 75.6 Å². The van der Waals surface area contributed by atoms with Gasteiger partial charge in [-0.2, -0.15) is 0 Å². The second kappa shape index (κ2) is 28.0. The van der Waals surface area contributed by atoms with E-state index in [0.717, 1.165) is 32.1 Å². The molecule has 0 saturated heterocycles. The summed E-state index contributed by atoms with van der Waals surface area (Å²) >= 11 is 0. The molecule has 0 radical (unpaired) electrons. The average molecular weight is 623 g/mol. The van der Waals surface area contributed by atoms with Crippen molar-refractivity contribution in [2.45, 2.75) is 155 Å². The molecule has 0 aromatic heterocycles. The monoisotopic (exact) mass is 622 g/mol. The van der Waals surface area contributed by atoms with Gasteiger partial charge >= 0.3 is 13.8 Å². The number of rotatable bonds is 32. The number of nitrogens with zero attached hydrogens (tertiary/aromatic N) is 1. The van der Waals surface area contributed by atoms with Crippen molar-refractivity contribution in [2.24, 2.45) is 0 Å². The van der Waals surface area contributed by atoms with Crippen molar-refractivity contribution in [1.29, 1.82) is 0 Å². The number of hydrogen-bond donors (Lipinski definition) is 1. The quantitative estimate of drug-likeness (QED) is 0.0346. The third-order valence-corrected chi connectivity index (χ3v) is 8.40. The lowest BCUT2D eigenvalue weighted by Crippen LogP contribution is -2.37. The van der Waals surface area contributed by atoms with Crippen LogP contribution in [0.2, 0.25) is 0 Å². The molecule has 8 nitrogen and oxygen atoms in total. The summed E-state index contributed by atoms with van der Waals surface area (Å²) in [6, 6.07) is 0. The van der Waals surface area contributed by atoms with Gasteiger partial charge in [-0.3, -0.25) is 13.8 Å². The maximum Gasteiger partial charge on any atom is 0.472 e. The minimum absolute atomic E-state index is 0.0926. The van der Waals surface area contributed by atoms with E-state index in [2.05, 4.69) is 13.8 Å². The zero-order chi connectivity index (χ0) is 31.4. The number of esters is 1. The minimum Gasteiger partial charge on any atom is -0.457 e. The van der Waals surface area contributed by atoms with E-state index >= 15 is 0 Å². The first-order chi connectivity index (χ1) is 20.1. The zero-order valence-electron chi connectivity index (χ0n) is 28.3. The Morgan fingerprint density at radius 3 is 1.57 bits per heavy atom. The van der Waals surface area contributed by atoms with Crippen LogP contribution in [0, 0.1) is 0 Å². The molecule has 0 aromatic rings. The highest BCUT2D eigenvalue weighted by atomic mass is 31.2. The molecule has 0 saturated carbocycles. The van der Waals surface area contributed by atoms with Crippen molar-refractivity contribution in [3.05, 3.63) is 0 Å². The normalized spacial score (nSPS) is 14.1. The Labute approximate surface area is 259 Å². The average Bonchev–Trinajstić information content (AvgIpc) is 2.92. The standard InChI is InChI=1S/C33H68NO7P/c1-6-8-10-12-14-15-16-17-18-19-20-21-23-25-28-38-30-32(41-33(35)26-24-22-13-11-9-7-2)31-40-42(36,37)39-29-27-34(3,4)5/h32H,6-31H2,1-5H3/p+1/t32-/m1/s1. The van der Waals surface area contributed by atoms with Crippen molar-refractivity contribution in [3.8, 4) is 0 Å². The summed E-state index contributed by atoms with van der Waals surface area (Å²) in [5, 5.41) is 0. The molecule has 1 unspecified atom stereocenters. The van der Waals surface area contributed by atoms with Crippen LogP contribution in [0.4, 0.5) is 0 Å². The van der Waals surface area contributed by atoms with E-state index in [9.17, 15) is 14.3 Å². The first kappa shape index (κ1) is 41.5. The van der Waals surface area contributed by atoms with Gasteiger partial charge in [0.2, 0.25) is 0 Å². The molecule has 0 aliphatic carbocycles. The maximum atomic E-state index is 12.4. The van der Waals surface area contributed by atoms with Crippen LogP contribution in [-0.2, 0) is 27.9 Å². The Morgan fingerprint density at radius 2 is 1.10 bits per heavy atom. The molecule has 2 atom stereocenters. The van der Waals surface area contributed by atoms with Gasteiger partial charge in [0.25, 0.3) is 0 Å². The molecular formula is C33H69NO7P+. The molecule has 252 valence electrons. The first-order valence-corrected chi connectivity index (χ1v) is 18.8. The van der Waals surface area contributed by atoms with E-state index < -0.39 is 13.9 Å². The Balaban J connectivity index is 4.21.